The Balaban J connectivity index is 0.00000220. The molecule has 1 aromatic carbocycles. The maximum Gasteiger partial charge on any atom is 0.224 e. The number of halogens is 2. The fraction of sp³-hybridized carbons (Fsp3) is 0.562. The van der Waals surface area contributed by atoms with Crippen LogP contribution in [0.2, 0.25) is 0 Å². The molecule has 1 aromatic rings. The van der Waals surface area contributed by atoms with Crippen molar-refractivity contribution >= 4 is 30.7 Å². The molecular weight excluding hydrogens is 321 g/mol. The van der Waals surface area contributed by atoms with Crippen LogP contribution in [0.25, 0.3) is 0 Å². The summed E-state index contributed by atoms with van der Waals surface area (Å²) in [4.78, 5) is 14.2. The molecule has 0 saturated carbocycles. The molecule has 0 fully saturated rings. The summed E-state index contributed by atoms with van der Waals surface area (Å²) in [6, 6.07) is 8.49. The Morgan fingerprint density at radius 2 is 1.91 bits per heavy atom. The number of amides is 1. The number of benzene rings is 1. The van der Waals surface area contributed by atoms with E-state index in [0.717, 1.165) is 26.1 Å². The molecule has 2 rings (SSSR count). The van der Waals surface area contributed by atoms with Crippen molar-refractivity contribution < 1.29 is 4.79 Å². The molecule has 126 valence electrons. The van der Waals surface area contributed by atoms with Gasteiger partial charge in [0.1, 0.15) is 0 Å². The van der Waals surface area contributed by atoms with Crippen LogP contribution in [0.4, 0.5) is 0 Å². The zero-order valence-electron chi connectivity index (χ0n) is 13.2. The Bertz CT molecular complexity index is 468. The highest BCUT2D eigenvalue weighted by molar-refractivity contribution is 5.85. The molecule has 6 heteroatoms. The summed E-state index contributed by atoms with van der Waals surface area (Å²) in [5, 5.41) is 2.97. The quantitative estimate of drug-likeness (QED) is 0.856. The van der Waals surface area contributed by atoms with E-state index in [2.05, 4.69) is 34.5 Å². The molecular formula is C16H27Cl2N3O. The zero-order valence-corrected chi connectivity index (χ0v) is 14.9. The summed E-state index contributed by atoms with van der Waals surface area (Å²) in [5.41, 5.74) is 8.60. The van der Waals surface area contributed by atoms with E-state index in [0.29, 0.717) is 6.54 Å². The van der Waals surface area contributed by atoms with Crippen molar-refractivity contribution in [2.45, 2.75) is 32.9 Å². The molecule has 1 amide bonds. The number of rotatable bonds is 5. The van der Waals surface area contributed by atoms with E-state index in [1.807, 2.05) is 13.8 Å². The molecule has 0 radical (unpaired) electrons. The Morgan fingerprint density at radius 3 is 2.55 bits per heavy atom. The lowest BCUT2D eigenvalue weighted by Gasteiger charge is -2.28. The normalized spacial score (nSPS) is 16.5. The number of nitrogens with one attached hydrogen (secondary N) is 1. The van der Waals surface area contributed by atoms with Gasteiger partial charge in [-0.15, -0.1) is 24.8 Å². The summed E-state index contributed by atoms with van der Waals surface area (Å²) in [5.74, 6) is -0.0745. The minimum absolute atomic E-state index is 0. The Labute approximate surface area is 145 Å². The molecule has 1 aliphatic rings. The summed E-state index contributed by atoms with van der Waals surface area (Å²) >= 11 is 0. The zero-order chi connectivity index (χ0) is 14.5. The molecule has 3 N–H and O–H groups in total. The van der Waals surface area contributed by atoms with E-state index >= 15 is 0 Å². The molecule has 2 atom stereocenters. The second-order valence-electron chi connectivity index (χ2n) is 5.73. The van der Waals surface area contributed by atoms with E-state index in [9.17, 15) is 4.79 Å². The van der Waals surface area contributed by atoms with Crippen LogP contribution >= 0.6 is 24.8 Å². The van der Waals surface area contributed by atoms with E-state index in [1.54, 1.807) is 0 Å². The van der Waals surface area contributed by atoms with Crippen molar-refractivity contribution in [1.29, 1.82) is 0 Å². The number of hydrogen-bond donors (Lipinski definition) is 2. The van der Waals surface area contributed by atoms with E-state index in [4.69, 9.17) is 5.73 Å². The van der Waals surface area contributed by atoms with Crippen LogP contribution in [0.3, 0.4) is 0 Å². The lowest BCUT2D eigenvalue weighted by atomic mass is 10.00. The first-order chi connectivity index (χ1) is 9.58. The first-order valence-corrected chi connectivity index (χ1v) is 7.40. The lowest BCUT2D eigenvalue weighted by molar-refractivity contribution is -0.124. The van der Waals surface area contributed by atoms with Gasteiger partial charge in [-0.2, -0.15) is 0 Å². The van der Waals surface area contributed by atoms with E-state index in [-0.39, 0.29) is 42.7 Å². The van der Waals surface area contributed by atoms with Crippen molar-refractivity contribution in [2.75, 3.05) is 19.6 Å². The summed E-state index contributed by atoms with van der Waals surface area (Å²) in [6.45, 7) is 7.37. The summed E-state index contributed by atoms with van der Waals surface area (Å²) < 4.78 is 0. The van der Waals surface area contributed by atoms with Crippen LogP contribution in [-0.2, 0) is 17.8 Å². The smallest absolute Gasteiger partial charge is 0.224 e. The van der Waals surface area contributed by atoms with Gasteiger partial charge in [0.15, 0.2) is 0 Å². The van der Waals surface area contributed by atoms with Crippen molar-refractivity contribution in [3.63, 3.8) is 0 Å². The van der Waals surface area contributed by atoms with Crippen molar-refractivity contribution in [2.24, 2.45) is 11.7 Å². The van der Waals surface area contributed by atoms with E-state index in [1.165, 1.54) is 11.1 Å². The van der Waals surface area contributed by atoms with Gasteiger partial charge in [-0.3, -0.25) is 9.69 Å². The largest absolute Gasteiger partial charge is 0.355 e. The minimum atomic E-state index is -0.128. The van der Waals surface area contributed by atoms with Gasteiger partial charge in [0.25, 0.3) is 0 Å². The van der Waals surface area contributed by atoms with Gasteiger partial charge in [0.05, 0.1) is 0 Å². The summed E-state index contributed by atoms with van der Waals surface area (Å²) in [7, 11) is 0. The standard InChI is InChI=1S/C16H25N3O.2ClH/c1-12(13(2)17)16(20)18-8-10-19-9-7-14-5-3-4-6-15(14)11-19;;/h3-6,12-13H,7-11,17H2,1-2H3,(H,18,20);2*1H. The maximum absolute atomic E-state index is 11.8. The molecule has 0 aliphatic carbocycles. The molecule has 1 heterocycles. The molecule has 0 bridgehead atoms. The number of carbonyl (C=O) groups is 1. The van der Waals surface area contributed by atoms with Crippen molar-refractivity contribution in [1.82, 2.24) is 10.2 Å². The molecule has 4 nitrogen and oxygen atoms in total. The SMILES string of the molecule is CC(N)C(C)C(=O)NCCN1CCc2ccccc2C1.Cl.Cl. The number of nitrogens with zero attached hydrogens (tertiary/aromatic N) is 1. The highest BCUT2D eigenvalue weighted by Gasteiger charge is 2.18. The van der Waals surface area contributed by atoms with E-state index < -0.39 is 0 Å². The molecule has 22 heavy (non-hydrogen) atoms. The first kappa shape index (κ1) is 21.2. The predicted octanol–water partition coefficient (Wildman–Crippen LogP) is 1.99. The van der Waals surface area contributed by atoms with Crippen LogP contribution in [0.1, 0.15) is 25.0 Å². The van der Waals surface area contributed by atoms with Gasteiger partial charge in [0.2, 0.25) is 5.91 Å². The molecule has 1 aliphatic heterocycles. The Morgan fingerprint density at radius 1 is 1.27 bits per heavy atom. The highest BCUT2D eigenvalue weighted by atomic mass is 35.5. The minimum Gasteiger partial charge on any atom is -0.355 e. The molecule has 2 unspecified atom stereocenters. The fourth-order valence-electron chi connectivity index (χ4n) is 2.48. The second kappa shape index (κ2) is 10.1. The van der Waals surface area contributed by atoms with Gasteiger partial charge in [0, 0.05) is 38.1 Å². The van der Waals surface area contributed by atoms with Gasteiger partial charge >= 0.3 is 0 Å². The molecule has 0 saturated heterocycles. The van der Waals surface area contributed by atoms with Crippen LogP contribution in [0.15, 0.2) is 24.3 Å². The number of hydrogen-bond acceptors (Lipinski definition) is 3. The number of nitrogens with two attached hydrogens (primary N) is 1. The van der Waals surface area contributed by atoms with Gasteiger partial charge < -0.3 is 11.1 Å². The average molecular weight is 348 g/mol. The second-order valence-corrected chi connectivity index (χ2v) is 5.73. The van der Waals surface area contributed by atoms with Crippen LogP contribution in [-0.4, -0.2) is 36.5 Å². The number of carbonyl (C=O) groups excluding carboxylic acids is 1. The van der Waals surface area contributed by atoms with Gasteiger partial charge in [-0.1, -0.05) is 31.2 Å². The summed E-state index contributed by atoms with van der Waals surface area (Å²) in [6.07, 6.45) is 1.10. The van der Waals surface area contributed by atoms with Crippen molar-refractivity contribution in [3.05, 3.63) is 35.4 Å². The van der Waals surface area contributed by atoms with Crippen molar-refractivity contribution in [3.8, 4) is 0 Å². The van der Waals surface area contributed by atoms with Gasteiger partial charge in [-0.05, 0) is 24.5 Å². The van der Waals surface area contributed by atoms with Gasteiger partial charge in [-0.25, -0.2) is 0 Å². The monoisotopic (exact) mass is 347 g/mol. The van der Waals surface area contributed by atoms with Crippen LogP contribution in [0.5, 0.6) is 0 Å². The fourth-order valence-corrected chi connectivity index (χ4v) is 2.48. The maximum atomic E-state index is 11.8. The third-order valence-electron chi connectivity index (χ3n) is 4.14. The van der Waals surface area contributed by atoms with Crippen LogP contribution < -0.4 is 11.1 Å². The third kappa shape index (κ3) is 5.76. The average Bonchev–Trinajstić information content (AvgIpc) is 2.46. The van der Waals surface area contributed by atoms with Crippen LogP contribution in [0, 0.1) is 5.92 Å². The Hall–Kier alpha value is -0.810. The predicted molar refractivity (Wildman–Crippen MR) is 95.7 cm³/mol. The number of fused-ring (bicyclic) bond motifs is 1. The first-order valence-electron chi connectivity index (χ1n) is 7.40. The third-order valence-corrected chi connectivity index (χ3v) is 4.14. The lowest BCUT2D eigenvalue weighted by Crippen LogP contribution is -2.42. The Kier molecular flexibility index (Phi) is 9.69. The topological polar surface area (TPSA) is 58.4 Å². The molecule has 0 spiro atoms. The highest BCUT2D eigenvalue weighted by Crippen LogP contribution is 2.17. The molecule has 0 aromatic heterocycles.